The van der Waals surface area contributed by atoms with Crippen LogP contribution >= 0.6 is 23.8 Å². The van der Waals surface area contributed by atoms with E-state index in [-0.39, 0.29) is 23.5 Å². The highest BCUT2D eigenvalue weighted by atomic mass is 35.5. The van der Waals surface area contributed by atoms with Crippen molar-refractivity contribution in [2.24, 2.45) is 10.4 Å². The zero-order chi connectivity index (χ0) is 23.6. The molecule has 1 aliphatic carbocycles. The van der Waals surface area contributed by atoms with Gasteiger partial charge >= 0.3 is 0 Å². The van der Waals surface area contributed by atoms with Gasteiger partial charge in [-0.25, -0.2) is 9.67 Å². The van der Waals surface area contributed by atoms with Gasteiger partial charge in [-0.3, -0.25) is 4.99 Å². The maximum atomic E-state index is 9.42. The monoisotopic (exact) mass is 485 g/mol. The van der Waals surface area contributed by atoms with Gasteiger partial charge in [0, 0.05) is 5.02 Å². The summed E-state index contributed by atoms with van der Waals surface area (Å²) in [5, 5.41) is 18.3. The van der Waals surface area contributed by atoms with Crippen LogP contribution in [-0.4, -0.2) is 48.7 Å². The predicted octanol–water partition coefficient (Wildman–Crippen LogP) is 4.35. The van der Waals surface area contributed by atoms with E-state index < -0.39 is 6.23 Å². The molecule has 174 valence electrons. The number of hydrogen-bond donors (Lipinski definition) is 1. The van der Waals surface area contributed by atoms with Crippen LogP contribution in [0.25, 0.3) is 0 Å². The van der Waals surface area contributed by atoms with Crippen molar-refractivity contribution in [3.63, 3.8) is 0 Å². The van der Waals surface area contributed by atoms with Crippen molar-refractivity contribution in [2.45, 2.75) is 64.3 Å². The zero-order valence-corrected chi connectivity index (χ0v) is 20.6. The van der Waals surface area contributed by atoms with E-state index in [9.17, 15) is 5.26 Å². The van der Waals surface area contributed by atoms with Gasteiger partial charge in [-0.15, -0.1) is 0 Å². The molecule has 10 heteroatoms. The van der Waals surface area contributed by atoms with E-state index in [2.05, 4.69) is 42.2 Å². The van der Waals surface area contributed by atoms with Crippen molar-refractivity contribution in [2.75, 3.05) is 6.54 Å². The summed E-state index contributed by atoms with van der Waals surface area (Å²) in [5.74, 6) is 1.47. The van der Waals surface area contributed by atoms with Gasteiger partial charge in [0.25, 0.3) is 0 Å². The Morgan fingerprint density at radius 2 is 2.00 bits per heavy atom. The highest BCUT2D eigenvalue weighted by molar-refractivity contribution is 7.80. The topological polar surface area (TPSA) is 91.4 Å². The summed E-state index contributed by atoms with van der Waals surface area (Å²) in [6, 6.07) is 9.17. The van der Waals surface area contributed by atoms with Gasteiger partial charge in [-0.05, 0) is 54.7 Å². The lowest BCUT2D eigenvalue weighted by molar-refractivity contribution is 0.0467. The van der Waals surface area contributed by atoms with Gasteiger partial charge in [0.05, 0.1) is 6.07 Å². The highest BCUT2D eigenvalue weighted by Gasteiger charge is 2.51. The normalized spacial score (nSPS) is 20.6. The second-order valence-corrected chi connectivity index (χ2v) is 10.4. The lowest BCUT2D eigenvalue weighted by Gasteiger charge is -2.37. The molecule has 2 fully saturated rings. The number of thiocarbonyl (C=S) groups is 1. The van der Waals surface area contributed by atoms with E-state index in [1.807, 2.05) is 17.0 Å². The molecule has 2 atom stereocenters. The van der Waals surface area contributed by atoms with E-state index in [1.54, 1.807) is 23.1 Å². The number of aliphatic imine (C=N–C) groups is 1. The van der Waals surface area contributed by atoms with Gasteiger partial charge in [0.15, 0.2) is 5.11 Å². The van der Waals surface area contributed by atoms with Crippen LogP contribution in [-0.2, 0) is 0 Å². The van der Waals surface area contributed by atoms with Gasteiger partial charge < -0.3 is 15.0 Å². The Kier molecular flexibility index (Phi) is 6.59. The third kappa shape index (κ3) is 4.68. The van der Waals surface area contributed by atoms with Crippen LogP contribution in [0.1, 0.15) is 52.7 Å². The van der Waals surface area contributed by atoms with Crippen LogP contribution in [0.2, 0.25) is 5.02 Å². The number of rotatable bonds is 6. The van der Waals surface area contributed by atoms with Crippen LogP contribution in [0.15, 0.2) is 41.9 Å². The summed E-state index contributed by atoms with van der Waals surface area (Å²) in [6.45, 7) is 6.61. The molecule has 1 aliphatic heterocycles. The van der Waals surface area contributed by atoms with E-state index >= 15 is 0 Å². The number of nitrogens with one attached hydrogen (secondary N) is 1. The van der Waals surface area contributed by atoms with Gasteiger partial charge in [-0.1, -0.05) is 45.2 Å². The average Bonchev–Trinajstić information content (AvgIpc) is 3.51. The molecule has 33 heavy (non-hydrogen) atoms. The van der Waals surface area contributed by atoms with Crippen molar-refractivity contribution in [1.82, 2.24) is 25.0 Å². The molecule has 8 nitrogen and oxygen atoms in total. The molecule has 0 radical (unpaired) electrons. The molecule has 1 spiro atoms. The predicted molar refractivity (Wildman–Crippen MR) is 131 cm³/mol. The Morgan fingerprint density at radius 3 is 2.58 bits per heavy atom. The Bertz CT molecular complexity index is 1050. The van der Waals surface area contributed by atoms with Crippen LogP contribution in [0, 0.1) is 16.7 Å². The average molecular weight is 486 g/mol. The number of benzene rings is 1. The lowest BCUT2D eigenvalue weighted by atomic mass is 9.85. The van der Waals surface area contributed by atoms with E-state index in [4.69, 9.17) is 33.5 Å². The summed E-state index contributed by atoms with van der Waals surface area (Å²) in [7, 11) is 0. The highest BCUT2D eigenvalue weighted by Crippen LogP contribution is 2.41. The van der Waals surface area contributed by atoms with E-state index in [0.717, 1.165) is 31.5 Å². The maximum absolute atomic E-state index is 9.42. The third-order valence-electron chi connectivity index (χ3n) is 6.28. The van der Waals surface area contributed by atoms with Crippen molar-refractivity contribution >= 4 is 34.8 Å². The first-order chi connectivity index (χ1) is 15.7. The lowest BCUT2D eigenvalue weighted by Crippen LogP contribution is -2.49. The fourth-order valence-corrected chi connectivity index (χ4v) is 5.07. The first kappa shape index (κ1) is 23.5. The second kappa shape index (κ2) is 9.27. The van der Waals surface area contributed by atoms with Gasteiger partial charge in [-0.2, -0.15) is 10.4 Å². The molecule has 2 unspecified atom stereocenters. The Labute approximate surface area is 204 Å². The van der Waals surface area contributed by atoms with Crippen molar-refractivity contribution < 1.29 is 4.74 Å². The molecule has 1 N–H and O–H groups in total. The fourth-order valence-electron chi connectivity index (χ4n) is 4.61. The number of aromatic nitrogens is 3. The van der Waals surface area contributed by atoms with Crippen molar-refractivity contribution in [1.29, 1.82) is 5.26 Å². The summed E-state index contributed by atoms with van der Waals surface area (Å²) >= 11 is 11.7. The van der Waals surface area contributed by atoms with Crippen molar-refractivity contribution in [3.8, 4) is 11.8 Å². The number of hydrogen-bond acceptors (Lipinski definition) is 6. The van der Waals surface area contributed by atoms with Crippen LogP contribution in [0.5, 0.6) is 5.75 Å². The number of amidine groups is 1. The molecule has 2 heterocycles. The van der Waals surface area contributed by atoms with E-state index in [0.29, 0.717) is 15.9 Å². The maximum Gasteiger partial charge on any atom is 0.215 e. The minimum atomic E-state index is -0.556. The number of ether oxygens (including phenoxy) is 1. The molecular weight excluding hydrogens is 458 g/mol. The van der Waals surface area contributed by atoms with Crippen LogP contribution in [0.4, 0.5) is 0 Å². The summed E-state index contributed by atoms with van der Waals surface area (Å²) in [6.07, 6.45) is 6.52. The number of nitriles is 1. The molecule has 1 aromatic carbocycles. The molecule has 1 saturated heterocycles. The molecule has 4 rings (SSSR count). The first-order valence-electron chi connectivity index (χ1n) is 11.0. The Morgan fingerprint density at radius 1 is 1.30 bits per heavy atom. The minimum Gasteiger partial charge on any atom is -0.466 e. The Balaban J connectivity index is 1.77. The molecule has 2 aliphatic rings. The van der Waals surface area contributed by atoms with Crippen LogP contribution in [0.3, 0.4) is 0 Å². The standard InChI is InChI=1S/C23H28ClN7OS/c1-22(2,3)18(19(31-15-26-14-27-31)32-17-8-6-16(24)7-9-17)28-20-23(10-4-5-11-23)30(13-12-25)21(33)29-20/h6-9,14-15,18-19H,4-5,10-11,13H2,1-3H3,(H,28,29,33). The number of halogens is 1. The second-order valence-electron chi connectivity index (χ2n) is 9.54. The zero-order valence-electron chi connectivity index (χ0n) is 19.0. The third-order valence-corrected chi connectivity index (χ3v) is 6.86. The molecule has 0 amide bonds. The van der Waals surface area contributed by atoms with Crippen molar-refractivity contribution in [3.05, 3.63) is 41.9 Å². The molecule has 1 aromatic heterocycles. The smallest absolute Gasteiger partial charge is 0.215 e. The van der Waals surface area contributed by atoms with Crippen LogP contribution < -0.4 is 10.1 Å². The molecule has 2 aromatic rings. The van der Waals surface area contributed by atoms with E-state index in [1.165, 1.54) is 6.33 Å². The minimum absolute atomic E-state index is 0.235. The largest absolute Gasteiger partial charge is 0.466 e. The number of nitrogens with zero attached hydrogens (tertiary/aromatic N) is 6. The first-order valence-corrected chi connectivity index (χ1v) is 11.8. The SMILES string of the molecule is CC(C)(C)C(N=C1NC(=S)N(CC#N)C12CCCC2)C(Oc1ccc(Cl)cc1)n1cncn1. The molecule has 0 bridgehead atoms. The summed E-state index contributed by atoms with van der Waals surface area (Å²) in [4.78, 5) is 11.4. The summed E-state index contributed by atoms with van der Waals surface area (Å²) in [5.41, 5.74) is -0.661. The Hall–Kier alpha value is -2.70. The van der Waals surface area contributed by atoms with Gasteiger partial charge in [0.1, 0.15) is 42.4 Å². The van der Waals surface area contributed by atoms with Gasteiger partial charge in [0.2, 0.25) is 6.23 Å². The molecular formula is C23H28ClN7OS. The quantitative estimate of drug-likeness (QED) is 0.480. The molecule has 1 saturated carbocycles. The summed E-state index contributed by atoms with van der Waals surface area (Å²) < 4.78 is 8.12. The fraction of sp³-hybridized carbons (Fsp3) is 0.522.